The molecule has 2 heterocycles. The van der Waals surface area contributed by atoms with Gasteiger partial charge in [-0.15, -0.1) is 0 Å². The van der Waals surface area contributed by atoms with E-state index in [1.165, 1.54) is 9.80 Å². The van der Waals surface area contributed by atoms with Crippen molar-refractivity contribution in [2.45, 2.75) is 27.7 Å². The second-order valence-corrected chi connectivity index (χ2v) is 11.9. The molecule has 2 aliphatic heterocycles. The molecule has 0 unspecified atom stereocenters. The first kappa shape index (κ1) is 32.4. The largest absolute Gasteiger partial charge is 0.372 e. The maximum atomic E-state index is 14.2. The summed E-state index contributed by atoms with van der Waals surface area (Å²) in [5.41, 5.74) is 5.89. The number of amides is 2. The number of carbonyl (C=O) groups is 4. The zero-order valence-electron chi connectivity index (χ0n) is 27.9. The van der Waals surface area contributed by atoms with Gasteiger partial charge in [-0.05, 0) is 88.4 Å². The molecular formula is C40H40N4O4. The lowest BCUT2D eigenvalue weighted by Crippen LogP contribution is -2.34. The van der Waals surface area contributed by atoms with Crippen LogP contribution in [0.4, 0.5) is 22.7 Å². The molecule has 2 aliphatic rings. The number of benzene rings is 4. The molecule has 0 radical (unpaired) electrons. The first-order chi connectivity index (χ1) is 23.3. The van der Waals surface area contributed by atoms with Crippen LogP contribution in [0.15, 0.2) is 97.1 Å². The van der Waals surface area contributed by atoms with Gasteiger partial charge in [-0.1, -0.05) is 36.4 Å². The Morgan fingerprint density at radius 1 is 0.500 bits per heavy atom. The molecule has 8 heteroatoms. The zero-order valence-corrected chi connectivity index (χ0v) is 27.9. The molecule has 0 bridgehead atoms. The summed E-state index contributed by atoms with van der Waals surface area (Å²) in [5, 5.41) is 0. The van der Waals surface area contributed by atoms with E-state index in [9.17, 15) is 19.2 Å². The highest BCUT2D eigenvalue weighted by Gasteiger charge is 2.42. The highest BCUT2D eigenvalue weighted by Crippen LogP contribution is 2.46. The van der Waals surface area contributed by atoms with Gasteiger partial charge in [-0.2, -0.15) is 0 Å². The molecule has 0 N–H and O–H groups in total. The van der Waals surface area contributed by atoms with E-state index in [1.54, 1.807) is 48.5 Å². The van der Waals surface area contributed by atoms with E-state index in [-0.39, 0.29) is 35.8 Å². The first-order valence-electron chi connectivity index (χ1n) is 16.6. The van der Waals surface area contributed by atoms with Crippen molar-refractivity contribution in [1.82, 2.24) is 0 Å². The fourth-order valence-electron chi connectivity index (χ4n) is 6.72. The Kier molecular flexibility index (Phi) is 9.26. The average molecular weight is 641 g/mol. The second kappa shape index (κ2) is 13.7. The number of hydrogen-bond donors (Lipinski definition) is 0. The van der Waals surface area contributed by atoms with Crippen LogP contribution in [0.3, 0.4) is 0 Å². The van der Waals surface area contributed by atoms with Gasteiger partial charge in [0.15, 0.2) is 11.6 Å². The molecule has 4 aromatic carbocycles. The molecule has 0 atom stereocenters. The van der Waals surface area contributed by atoms with Crippen molar-refractivity contribution in [2.24, 2.45) is 0 Å². The number of hydrogen-bond acceptors (Lipinski definition) is 6. The van der Waals surface area contributed by atoms with Crippen molar-refractivity contribution in [3.63, 3.8) is 0 Å². The Balaban J connectivity index is 1.30. The summed E-state index contributed by atoms with van der Waals surface area (Å²) in [4.78, 5) is 62.9. The lowest BCUT2D eigenvalue weighted by Gasteiger charge is -2.21. The summed E-state index contributed by atoms with van der Waals surface area (Å²) in [6, 6.07) is 29.4. The van der Waals surface area contributed by atoms with E-state index >= 15 is 0 Å². The third-order valence-corrected chi connectivity index (χ3v) is 9.34. The zero-order chi connectivity index (χ0) is 33.9. The Labute approximate surface area is 281 Å². The van der Waals surface area contributed by atoms with Crippen LogP contribution in [0.1, 0.15) is 59.5 Å². The van der Waals surface area contributed by atoms with E-state index in [1.807, 2.05) is 48.5 Å². The maximum absolute atomic E-state index is 14.2. The van der Waals surface area contributed by atoms with Gasteiger partial charge in [-0.25, -0.2) is 0 Å². The molecule has 2 amide bonds. The predicted molar refractivity (Wildman–Crippen MR) is 193 cm³/mol. The number of fused-ring (bicyclic) bond motifs is 2. The van der Waals surface area contributed by atoms with Crippen molar-refractivity contribution >= 4 is 57.3 Å². The number of Topliss-reactive ketones (excluding diaryl/α,β-unsaturated/α-hetero) is 2. The van der Waals surface area contributed by atoms with Crippen LogP contribution >= 0.6 is 0 Å². The maximum Gasteiger partial charge on any atom is 0.260 e. The standard InChI is InChI=1S/C40H40N4O4/c1-5-41(6-2)29-21-17-27(18-22-29)35(45)25-43-33-15-11-9-13-31(33)37(39(43)47)38-32-14-10-12-16-34(32)44(40(38)48)26-36(46)28-19-23-30(24-20-28)42(7-3)8-4/h9-24H,5-8,25-26H2,1-4H3/b38-37+. The number of ketones is 2. The number of nitrogens with zero attached hydrogens (tertiary/aromatic N) is 4. The van der Waals surface area contributed by atoms with E-state index in [4.69, 9.17) is 0 Å². The van der Waals surface area contributed by atoms with Crippen molar-refractivity contribution in [2.75, 3.05) is 58.9 Å². The number of anilines is 4. The number of rotatable bonds is 12. The summed E-state index contributed by atoms with van der Waals surface area (Å²) >= 11 is 0. The molecule has 48 heavy (non-hydrogen) atoms. The van der Waals surface area contributed by atoms with Gasteiger partial charge in [0, 0.05) is 59.8 Å². The van der Waals surface area contributed by atoms with E-state index in [0.29, 0.717) is 33.6 Å². The van der Waals surface area contributed by atoms with Crippen LogP contribution in [0.2, 0.25) is 0 Å². The van der Waals surface area contributed by atoms with E-state index in [0.717, 1.165) is 37.6 Å². The summed E-state index contributed by atoms with van der Waals surface area (Å²) in [5.74, 6) is -1.23. The van der Waals surface area contributed by atoms with Crippen LogP contribution in [-0.4, -0.2) is 62.6 Å². The molecule has 4 aromatic rings. The first-order valence-corrected chi connectivity index (χ1v) is 16.6. The van der Waals surface area contributed by atoms with Crippen LogP contribution in [-0.2, 0) is 9.59 Å². The molecule has 0 aliphatic carbocycles. The second-order valence-electron chi connectivity index (χ2n) is 11.9. The third kappa shape index (κ3) is 5.79. The van der Waals surface area contributed by atoms with Gasteiger partial charge in [0.2, 0.25) is 0 Å². The minimum Gasteiger partial charge on any atom is -0.372 e. The summed E-state index contributed by atoms with van der Waals surface area (Å²) in [7, 11) is 0. The quantitative estimate of drug-likeness (QED) is 0.126. The number of para-hydroxylation sites is 2. The molecule has 0 aromatic heterocycles. The number of carbonyl (C=O) groups excluding carboxylic acids is 4. The van der Waals surface area contributed by atoms with Crippen LogP contribution in [0, 0.1) is 0 Å². The van der Waals surface area contributed by atoms with Gasteiger partial charge in [-0.3, -0.25) is 29.0 Å². The van der Waals surface area contributed by atoms with Crippen molar-refractivity contribution in [3.8, 4) is 0 Å². The molecule has 0 spiro atoms. The minimum atomic E-state index is -0.414. The van der Waals surface area contributed by atoms with Gasteiger partial charge < -0.3 is 9.80 Å². The Hall–Kier alpha value is -5.50. The van der Waals surface area contributed by atoms with Gasteiger partial charge in [0.05, 0.1) is 35.6 Å². The van der Waals surface area contributed by atoms with E-state index in [2.05, 4.69) is 37.5 Å². The lowest BCUT2D eigenvalue weighted by atomic mass is 9.96. The van der Waals surface area contributed by atoms with E-state index < -0.39 is 11.8 Å². The Morgan fingerprint density at radius 3 is 1.17 bits per heavy atom. The van der Waals surface area contributed by atoms with Gasteiger partial charge >= 0.3 is 0 Å². The SMILES string of the molecule is CCN(CC)c1ccc(C(=O)CN2C(=O)/C(=C3/C(=O)N(CC(=O)c4ccc(N(CC)CC)cc4)c4ccccc43)c3ccccc32)cc1. The van der Waals surface area contributed by atoms with Crippen molar-refractivity contribution < 1.29 is 19.2 Å². The molecule has 8 nitrogen and oxygen atoms in total. The third-order valence-electron chi connectivity index (χ3n) is 9.34. The van der Waals surface area contributed by atoms with Gasteiger partial charge in [0.25, 0.3) is 11.8 Å². The molecule has 6 rings (SSSR count). The van der Waals surface area contributed by atoms with Crippen LogP contribution < -0.4 is 19.6 Å². The predicted octanol–water partition coefficient (Wildman–Crippen LogP) is 6.75. The highest BCUT2D eigenvalue weighted by molar-refractivity contribution is 6.50. The Bertz CT molecular complexity index is 1770. The molecule has 0 saturated carbocycles. The van der Waals surface area contributed by atoms with Crippen molar-refractivity contribution in [3.05, 3.63) is 119 Å². The van der Waals surface area contributed by atoms with Crippen molar-refractivity contribution in [1.29, 1.82) is 0 Å². The average Bonchev–Trinajstić information content (AvgIpc) is 3.54. The molecule has 0 fully saturated rings. The lowest BCUT2D eigenvalue weighted by molar-refractivity contribution is -0.114. The molecule has 0 saturated heterocycles. The summed E-state index contributed by atoms with van der Waals surface area (Å²) in [6.45, 7) is 11.4. The smallest absolute Gasteiger partial charge is 0.260 e. The summed E-state index contributed by atoms with van der Waals surface area (Å²) < 4.78 is 0. The monoisotopic (exact) mass is 640 g/mol. The van der Waals surface area contributed by atoms with Gasteiger partial charge in [0.1, 0.15) is 0 Å². The molecular weight excluding hydrogens is 600 g/mol. The Morgan fingerprint density at radius 2 is 0.833 bits per heavy atom. The fourth-order valence-corrected chi connectivity index (χ4v) is 6.72. The minimum absolute atomic E-state index is 0.168. The highest BCUT2D eigenvalue weighted by atomic mass is 16.2. The normalized spacial score (nSPS) is 15.1. The molecule has 244 valence electrons. The van der Waals surface area contributed by atoms with Crippen LogP contribution in [0.25, 0.3) is 11.1 Å². The fraction of sp³-hybridized carbons (Fsp3) is 0.250. The van der Waals surface area contributed by atoms with Crippen LogP contribution in [0.5, 0.6) is 0 Å². The topological polar surface area (TPSA) is 81.2 Å². The summed E-state index contributed by atoms with van der Waals surface area (Å²) in [6.07, 6.45) is 0.